The standard InChI is InChI=1S/C22H28N2O6S/c1-16(25)18-8-5-9-19(14-18)24(31(4,27)28)15-22(26)23-12-6-7-17-10-11-20(29-2)21(13-17)30-3/h5,8-11,13-14H,6-7,12,15H2,1-4H3,(H,23,26). The van der Waals surface area contributed by atoms with Crippen molar-refractivity contribution in [1.29, 1.82) is 0 Å². The molecule has 0 atom stereocenters. The molecule has 2 aromatic carbocycles. The molecule has 168 valence electrons. The van der Waals surface area contributed by atoms with Gasteiger partial charge in [-0.3, -0.25) is 13.9 Å². The molecule has 9 heteroatoms. The van der Waals surface area contributed by atoms with E-state index in [0.717, 1.165) is 16.1 Å². The third-order valence-electron chi connectivity index (χ3n) is 4.64. The van der Waals surface area contributed by atoms with Gasteiger partial charge in [-0.1, -0.05) is 18.2 Å². The molecule has 2 aromatic rings. The van der Waals surface area contributed by atoms with E-state index in [1.807, 2.05) is 18.2 Å². The molecule has 2 rings (SSSR count). The Kier molecular flexibility index (Phi) is 8.44. The minimum atomic E-state index is -3.71. The van der Waals surface area contributed by atoms with E-state index < -0.39 is 15.9 Å². The second-order valence-electron chi connectivity index (χ2n) is 7.02. The van der Waals surface area contributed by atoms with Gasteiger partial charge in [0.15, 0.2) is 17.3 Å². The quantitative estimate of drug-likeness (QED) is 0.418. The van der Waals surface area contributed by atoms with Crippen molar-refractivity contribution >= 4 is 27.4 Å². The molecule has 31 heavy (non-hydrogen) atoms. The highest BCUT2D eigenvalue weighted by atomic mass is 32.2. The van der Waals surface area contributed by atoms with Crippen molar-refractivity contribution in [3.63, 3.8) is 0 Å². The van der Waals surface area contributed by atoms with Crippen molar-refractivity contribution in [2.45, 2.75) is 19.8 Å². The number of methoxy groups -OCH3 is 2. The first kappa shape index (κ1) is 24.2. The zero-order chi connectivity index (χ0) is 23.0. The highest BCUT2D eigenvalue weighted by Crippen LogP contribution is 2.27. The molecule has 0 bridgehead atoms. The number of aryl methyl sites for hydroxylation is 1. The van der Waals surface area contributed by atoms with Crippen LogP contribution in [0.2, 0.25) is 0 Å². The van der Waals surface area contributed by atoms with Gasteiger partial charge in [0.25, 0.3) is 0 Å². The van der Waals surface area contributed by atoms with Crippen LogP contribution >= 0.6 is 0 Å². The molecule has 1 amide bonds. The van der Waals surface area contributed by atoms with E-state index in [4.69, 9.17) is 9.47 Å². The van der Waals surface area contributed by atoms with Crippen LogP contribution in [0.15, 0.2) is 42.5 Å². The number of nitrogens with zero attached hydrogens (tertiary/aromatic N) is 1. The summed E-state index contributed by atoms with van der Waals surface area (Å²) in [5.41, 5.74) is 1.68. The van der Waals surface area contributed by atoms with Crippen LogP contribution in [-0.4, -0.2) is 53.7 Å². The summed E-state index contributed by atoms with van der Waals surface area (Å²) in [6.07, 6.45) is 2.40. The molecule has 0 aliphatic heterocycles. The number of ether oxygens (including phenoxy) is 2. The van der Waals surface area contributed by atoms with Crippen LogP contribution in [0, 0.1) is 0 Å². The van der Waals surface area contributed by atoms with Gasteiger partial charge in [0, 0.05) is 12.1 Å². The molecule has 0 aromatic heterocycles. The smallest absolute Gasteiger partial charge is 0.240 e. The van der Waals surface area contributed by atoms with Crippen molar-refractivity contribution in [3.05, 3.63) is 53.6 Å². The normalized spacial score (nSPS) is 11.0. The molecule has 1 N–H and O–H groups in total. The van der Waals surface area contributed by atoms with Crippen molar-refractivity contribution in [1.82, 2.24) is 5.32 Å². The number of sulfonamides is 1. The maximum Gasteiger partial charge on any atom is 0.240 e. The summed E-state index contributed by atoms with van der Waals surface area (Å²) < 4.78 is 35.9. The molecule has 0 unspecified atom stereocenters. The zero-order valence-corrected chi connectivity index (χ0v) is 19.0. The Balaban J connectivity index is 1.95. The second kappa shape index (κ2) is 10.8. The molecular formula is C22H28N2O6S. The summed E-state index contributed by atoms with van der Waals surface area (Å²) in [4.78, 5) is 24.0. The lowest BCUT2D eigenvalue weighted by Crippen LogP contribution is -2.40. The number of amides is 1. The Morgan fingerprint density at radius 3 is 2.35 bits per heavy atom. The minimum absolute atomic E-state index is 0.185. The van der Waals surface area contributed by atoms with Crippen LogP contribution in [-0.2, 0) is 21.2 Å². The number of carbonyl (C=O) groups excluding carboxylic acids is 2. The van der Waals surface area contributed by atoms with Crippen molar-refractivity contribution < 1.29 is 27.5 Å². The fourth-order valence-electron chi connectivity index (χ4n) is 3.02. The van der Waals surface area contributed by atoms with Crippen molar-refractivity contribution in [2.75, 3.05) is 37.9 Å². The highest BCUT2D eigenvalue weighted by Gasteiger charge is 2.21. The van der Waals surface area contributed by atoms with E-state index >= 15 is 0 Å². The van der Waals surface area contributed by atoms with Gasteiger partial charge >= 0.3 is 0 Å². The van der Waals surface area contributed by atoms with E-state index in [0.29, 0.717) is 36.4 Å². The zero-order valence-electron chi connectivity index (χ0n) is 18.2. The summed E-state index contributed by atoms with van der Waals surface area (Å²) >= 11 is 0. The molecule has 0 fully saturated rings. The summed E-state index contributed by atoms with van der Waals surface area (Å²) in [5.74, 6) is 0.677. The van der Waals surface area contributed by atoms with Crippen molar-refractivity contribution in [3.8, 4) is 11.5 Å². The topological polar surface area (TPSA) is 102 Å². The van der Waals surface area contributed by atoms with Gasteiger partial charge in [0.05, 0.1) is 26.2 Å². The third-order valence-corrected chi connectivity index (χ3v) is 5.78. The maximum atomic E-state index is 12.4. The van der Waals surface area contributed by atoms with Crippen LogP contribution in [0.5, 0.6) is 11.5 Å². The lowest BCUT2D eigenvalue weighted by molar-refractivity contribution is -0.119. The summed E-state index contributed by atoms with van der Waals surface area (Å²) in [6.45, 7) is 1.42. The summed E-state index contributed by atoms with van der Waals surface area (Å²) in [5, 5.41) is 2.75. The number of rotatable bonds is 11. The lowest BCUT2D eigenvalue weighted by atomic mass is 10.1. The lowest BCUT2D eigenvalue weighted by Gasteiger charge is -2.22. The molecule has 0 saturated heterocycles. The first-order chi connectivity index (χ1) is 14.7. The fourth-order valence-corrected chi connectivity index (χ4v) is 3.87. The van der Waals surface area contributed by atoms with Crippen LogP contribution < -0.4 is 19.1 Å². The number of hydrogen-bond donors (Lipinski definition) is 1. The van der Waals surface area contributed by atoms with Crippen LogP contribution in [0.1, 0.15) is 29.3 Å². The number of carbonyl (C=O) groups is 2. The predicted molar refractivity (Wildman–Crippen MR) is 120 cm³/mol. The second-order valence-corrected chi connectivity index (χ2v) is 8.93. The van der Waals surface area contributed by atoms with Crippen molar-refractivity contribution in [2.24, 2.45) is 0 Å². The van der Waals surface area contributed by atoms with E-state index in [9.17, 15) is 18.0 Å². The SMILES string of the molecule is COc1ccc(CCCNC(=O)CN(c2cccc(C(C)=O)c2)S(C)(=O)=O)cc1OC. The first-order valence-corrected chi connectivity index (χ1v) is 11.6. The average molecular weight is 449 g/mol. The molecule has 0 spiro atoms. The average Bonchev–Trinajstić information content (AvgIpc) is 2.74. The van der Waals surface area contributed by atoms with Crippen LogP contribution in [0.3, 0.4) is 0 Å². The van der Waals surface area contributed by atoms with Gasteiger partial charge in [0.2, 0.25) is 15.9 Å². The number of Topliss-reactive ketones (excluding diaryl/α,β-unsaturated/α-hetero) is 1. The largest absolute Gasteiger partial charge is 0.493 e. The monoisotopic (exact) mass is 448 g/mol. The van der Waals surface area contributed by atoms with Gasteiger partial charge in [-0.25, -0.2) is 8.42 Å². The molecule has 8 nitrogen and oxygen atoms in total. The molecule has 0 heterocycles. The Hall–Kier alpha value is -3.07. The van der Waals surface area contributed by atoms with Gasteiger partial charge in [-0.05, 0) is 49.6 Å². The number of anilines is 1. The Labute approximate surface area is 183 Å². The number of nitrogens with one attached hydrogen (secondary N) is 1. The van der Waals surface area contributed by atoms with Crippen LogP contribution in [0.4, 0.5) is 5.69 Å². The van der Waals surface area contributed by atoms with E-state index in [1.165, 1.54) is 13.0 Å². The van der Waals surface area contributed by atoms with E-state index in [1.54, 1.807) is 32.4 Å². The predicted octanol–water partition coefficient (Wildman–Crippen LogP) is 2.42. The fraction of sp³-hybridized carbons (Fsp3) is 0.364. The third kappa shape index (κ3) is 6.99. The van der Waals surface area contributed by atoms with Gasteiger partial charge in [-0.15, -0.1) is 0 Å². The number of benzene rings is 2. The minimum Gasteiger partial charge on any atom is -0.493 e. The maximum absolute atomic E-state index is 12.4. The molecule has 0 aliphatic carbocycles. The van der Waals surface area contributed by atoms with E-state index in [2.05, 4.69) is 5.32 Å². The van der Waals surface area contributed by atoms with Gasteiger partial charge < -0.3 is 14.8 Å². The van der Waals surface area contributed by atoms with Gasteiger partial charge in [-0.2, -0.15) is 0 Å². The van der Waals surface area contributed by atoms with Crippen LogP contribution in [0.25, 0.3) is 0 Å². The first-order valence-electron chi connectivity index (χ1n) is 9.72. The van der Waals surface area contributed by atoms with Gasteiger partial charge in [0.1, 0.15) is 6.54 Å². The summed E-state index contributed by atoms with van der Waals surface area (Å²) in [7, 11) is -0.564. The summed E-state index contributed by atoms with van der Waals surface area (Å²) in [6, 6.07) is 11.8. The molecule has 0 radical (unpaired) electrons. The number of hydrogen-bond acceptors (Lipinski definition) is 6. The highest BCUT2D eigenvalue weighted by molar-refractivity contribution is 7.92. The van der Waals surface area contributed by atoms with E-state index in [-0.39, 0.29) is 18.0 Å². The Morgan fingerprint density at radius 1 is 1.03 bits per heavy atom. The molecule has 0 saturated carbocycles. The Morgan fingerprint density at radius 2 is 1.74 bits per heavy atom. The Bertz CT molecular complexity index is 1040. The number of ketones is 1. The molecule has 0 aliphatic rings. The molecular weight excluding hydrogens is 420 g/mol.